The fourth-order valence-electron chi connectivity index (χ4n) is 3.55. The molecule has 0 radical (unpaired) electrons. The van der Waals surface area contributed by atoms with Gasteiger partial charge in [-0.15, -0.1) is 0 Å². The van der Waals surface area contributed by atoms with E-state index in [1.165, 1.54) is 5.69 Å². The van der Waals surface area contributed by atoms with Crippen molar-refractivity contribution in [1.29, 1.82) is 0 Å². The van der Waals surface area contributed by atoms with Gasteiger partial charge in [-0.1, -0.05) is 24.3 Å². The lowest BCUT2D eigenvalue weighted by Crippen LogP contribution is -2.32. The molecule has 1 aliphatic rings. The molecule has 2 heterocycles. The number of carbonyl (C=O) groups excluding carboxylic acids is 1. The number of H-pyrrole nitrogens is 1. The largest absolute Gasteiger partial charge is 0.508 e. The highest BCUT2D eigenvalue weighted by Crippen LogP contribution is 2.23. The zero-order valence-corrected chi connectivity index (χ0v) is 17.4. The summed E-state index contributed by atoms with van der Waals surface area (Å²) in [6, 6.07) is 15.3. The Morgan fingerprint density at radius 3 is 2.43 bits per heavy atom. The second-order valence-electron chi connectivity index (χ2n) is 7.25. The highest BCUT2D eigenvalue weighted by Gasteiger charge is 2.19. The van der Waals surface area contributed by atoms with Crippen LogP contribution < -0.4 is 16.0 Å². The van der Waals surface area contributed by atoms with E-state index >= 15 is 0 Å². The molecule has 5 N–H and O–H groups in total. The number of rotatable bonds is 7. The minimum atomic E-state index is -0.519. The van der Waals surface area contributed by atoms with Crippen LogP contribution in [0.4, 0.5) is 11.5 Å². The van der Waals surface area contributed by atoms with Crippen molar-refractivity contribution in [1.82, 2.24) is 10.2 Å². The quantitative estimate of drug-likeness (QED) is 0.465. The lowest BCUT2D eigenvalue weighted by Gasteiger charge is -2.28. The number of benzene rings is 2. The first kappa shape index (κ1) is 20.2. The summed E-state index contributed by atoms with van der Waals surface area (Å²) >= 11 is 1.99. The molecule has 0 saturated carbocycles. The number of phenolic OH excluding ortho intramolecular Hbond substituents is 1. The van der Waals surface area contributed by atoms with E-state index in [9.17, 15) is 9.90 Å². The molecule has 7 nitrogen and oxygen atoms in total. The second kappa shape index (κ2) is 9.13. The SMILES string of the molecule is NC(=O)c1c(NCc2ccc(O)cc2)n[nH]c1Cc1ccc(N2CCSCC2)cc1. The van der Waals surface area contributed by atoms with Gasteiger partial charge in [0.2, 0.25) is 0 Å². The fraction of sp³-hybridized carbons (Fsp3) is 0.273. The van der Waals surface area contributed by atoms with E-state index < -0.39 is 5.91 Å². The lowest BCUT2D eigenvalue weighted by atomic mass is 10.1. The van der Waals surface area contributed by atoms with Gasteiger partial charge in [-0.05, 0) is 35.4 Å². The zero-order valence-electron chi connectivity index (χ0n) is 16.6. The van der Waals surface area contributed by atoms with Crippen molar-refractivity contribution in [3.63, 3.8) is 0 Å². The number of phenols is 1. The van der Waals surface area contributed by atoms with Crippen molar-refractivity contribution in [2.45, 2.75) is 13.0 Å². The number of nitrogens with zero attached hydrogens (tertiary/aromatic N) is 2. The van der Waals surface area contributed by atoms with Gasteiger partial charge in [0.25, 0.3) is 5.91 Å². The summed E-state index contributed by atoms with van der Waals surface area (Å²) in [5, 5.41) is 19.8. The molecular weight excluding hydrogens is 398 g/mol. The topological polar surface area (TPSA) is 107 Å². The van der Waals surface area contributed by atoms with Crippen LogP contribution in [0.5, 0.6) is 5.75 Å². The molecule has 0 spiro atoms. The van der Waals surface area contributed by atoms with Crippen molar-refractivity contribution < 1.29 is 9.90 Å². The Morgan fingerprint density at radius 1 is 1.10 bits per heavy atom. The van der Waals surface area contributed by atoms with E-state index in [-0.39, 0.29) is 5.75 Å². The minimum Gasteiger partial charge on any atom is -0.508 e. The minimum absolute atomic E-state index is 0.212. The van der Waals surface area contributed by atoms with Gasteiger partial charge in [0, 0.05) is 43.2 Å². The number of anilines is 2. The molecule has 1 fully saturated rings. The third-order valence-electron chi connectivity index (χ3n) is 5.18. The third-order valence-corrected chi connectivity index (χ3v) is 6.12. The van der Waals surface area contributed by atoms with Crippen LogP contribution in [-0.2, 0) is 13.0 Å². The monoisotopic (exact) mass is 423 g/mol. The molecule has 30 heavy (non-hydrogen) atoms. The summed E-state index contributed by atoms with van der Waals surface area (Å²) in [7, 11) is 0. The molecule has 1 aliphatic heterocycles. The highest BCUT2D eigenvalue weighted by molar-refractivity contribution is 7.99. The first-order valence-corrected chi connectivity index (χ1v) is 11.1. The molecule has 2 aromatic carbocycles. The number of hydrogen-bond acceptors (Lipinski definition) is 6. The Hall–Kier alpha value is -3.13. The predicted molar refractivity (Wildman–Crippen MR) is 121 cm³/mol. The summed E-state index contributed by atoms with van der Waals surface area (Å²) in [6.45, 7) is 2.62. The normalized spacial score (nSPS) is 13.9. The van der Waals surface area contributed by atoms with Crippen molar-refractivity contribution in [3.8, 4) is 5.75 Å². The maximum Gasteiger partial charge on any atom is 0.254 e. The first-order chi connectivity index (χ1) is 14.6. The summed E-state index contributed by atoms with van der Waals surface area (Å²) < 4.78 is 0. The molecule has 1 amide bonds. The predicted octanol–water partition coefficient (Wildman–Crippen LogP) is 2.97. The van der Waals surface area contributed by atoms with Crippen molar-refractivity contribution >= 4 is 29.2 Å². The Kier molecular flexibility index (Phi) is 6.13. The first-order valence-electron chi connectivity index (χ1n) is 9.90. The van der Waals surface area contributed by atoms with E-state index in [1.807, 2.05) is 23.9 Å². The van der Waals surface area contributed by atoms with Gasteiger partial charge in [0.1, 0.15) is 11.3 Å². The molecule has 0 bridgehead atoms. The fourth-order valence-corrected chi connectivity index (χ4v) is 4.45. The molecular formula is C22H25N5O2S. The maximum absolute atomic E-state index is 12.1. The van der Waals surface area contributed by atoms with E-state index in [1.54, 1.807) is 12.1 Å². The molecule has 0 atom stereocenters. The molecule has 1 saturated heterocycles. The van der Waals surface area contributed by atoms with E-state index in [0.717, 1.165) is 35.7 Å². The molecule has 3 aromatic rings. The van der Waals surface area contributed by atoms with Crippen LogP contribution in [0, 0.1) is 0 Å². The number of nitrogens with two attached hydrogens (primary N) is 1. The van der Waals surface area contributed by atoms with Crippen molar-refractivity contribution in [3.05, 3.63) is 70.9 Å². The van der Waals surface area contributed by atoms with Gasteiger partial charge >= 0.3 is 0 Å². The Labute approximate surface area is 179 Å². The summed E-state index contributed by atoms with van der Waals surface area (Å²) in [4.78, 5) is 14.5. The number of amides is 1. The van der Waals surface area contributed by atoms with Crippen LogP contribution in [0.15, 0.2) is 48.5 Å². The van der Waals surface area contributed by atoms with Crippen LogP contribution in [-0.4, -0.2) is 45.8 Å². The molecule has 0 unspecified atom stereocenters. The maximum atomic E-state index is 12.1. The van der Waals surface area contributed by atoms with Gasteiger partial charge in [-0.3, -0.25) is 9.89 Å². The zero-order chi connectivity index (χ0) is 20.9. The van der Waals surface area contributed by atoms with E-state index in [0.29, 0.717) is 30.0 Å². The van der Waals surface area contributed by atoms with Gasteiger partial charge in [0.05, 0.1) is 5.69 Å². The van der Waals surface area contributed by atoms with Crippen LogP contribution >= 0.6 is 11.8 Å². The molecule has 8 heteroatoms. The van der Waals surface area contributed by atoms with Gasteiger partial charge in [-0.2, -0.15) is 16.9 Å². The van der Waals surface area contributed by atoms with Crippen molar-refractivity contribution in [2.24, 2.45) is 5.73 Å². The van der Waals surface area contributed by atoms with Crippen molar-refractivity contribution in [2.75, 3.05) is 34.8 Å². The molecule has 0 aliphatic carbocycles. The molecule has 1 aromatic heterocycles. The number of aromatic hydroxyl groups is 1. The highest BCUT2D eigenvalue weighted by atomic mass is 32.2. The number of aromatic nitrogens is 2. The van der Waals surface area contributed by atoms with Crippen LogP contribution in [0.3, 0.4) is 0 Å². The number of thioether (sulfide) groups is 1. The second-order valence-corrected chi connectivity index (χ2v) is 8.48. The Balaban J connectivity index is 1.46. The molecule has 156 valence electrons. The summed E-state index contributed by atoms with van der Waals surface area (Å²) in [5.74, 6) is 2.46. The number of aromatic amines is 1. The lowest BCUT2D eigenvalue weighted by molar-refractivity contribution is 0.100. The standard InChI is InChI=1S/C22H25N5O2S/c23-21(29)20-19(25-26-22(20)24-14-16-3-7-18(28)8-4-16)13-15-1-5-17(6-2-15)27-9-11-30-12-10-27/h1-8,28H,9-14H2,(H2,23,29)(H2,24,25,26). The molecule has 4 rings (SSSR count). The smallest absolute Gasteiger partial charge is 0.254 e. The van der Waals surface area contributed by atoms with Gasteiger partial charge in [0.15, 0.2) is 5.82 Å². The van der Waals surface area contributed by atoms with Crippen LogP contribution in [0.1, 0.15) is 27.2 Å². The third kappa shape index (κ3) is 4.71. The number of nitrogens with one attached hydrogen (secondary N) is 2. The summed E-state index contributed by atoms with van der Waals surface area (Å²) in [6.07, 6.45) is 0.544. The number of carbonyl (C=O) groups is 1. The van der Waals surface area contributed by atoms with E-state index in [2.05, 4.69) is 44.7 Å². The Bertz CT molecular complexity index is 995. The Morgan fingerprint density at radius 2 is 1.77 bits per heavy atom. The average Bonchev–Trinajstić information content (AvgIpc) is 3.17. The summed E-state index contributed by atoms with van der Waals surface area (Å²) in [5.41, 5.74) is 9.99. The number of hydrogen-bond donors (Lipinski definition) is 4. The van der Waals surface area contributed by atoms with Crippen LogP contribution in [0.25, 0.3) is 0 Å². The number of primary amides is 1. The van der Waals surface area contributed by atoms with Gasteiger partial charge in [-0.25, -0.2) is 0 Å². The van der Waals surface area contributed by atoms with E-state index in [4.69, 9.17) is 5.73 Å². The average molecular weight is 424 g/mol. The van der Waals surface area contributed by atoms with Gasteiger partial charge < -0.3 is 21.1 Å². The van der Waals surface area contributed by atoms with Crippen LogP contribution in [0.2, 0.25) is 0 Å².